The number of hydrogen-bond donors (Lipinski definition) is 5. The first-order valence-electron chi connectivity index (χ1n) is 33.7. The third-order valence-electron chi connectivity index (χ3n) is 20.0. The molecule has 0 aromatic heterocycles. The highest BCUT2D eigenvalue weighted by molar-refractivity contribution is 7.95. The average molecular weight is 1260 g/mol. The van der Waals surface area contributed by atoms with Crippen molar-refractivity contribution in [2.75, 3.05) is 40.5 Å². The number of aliphatic hydroxyl groups excluding tert-OH is 3. The van der Waals surface area contributed by atoms with Crippen LogP contribution in [-0.4, -0.2) is 178 Å². The molecule has 6 rings (SSSR count). The molecule has 3 aliphatic heterocycles. The number of hydrogen-bond acceptors (Lipinski definition) is 14. The number of carbonyl (C=O) groups excluding carboxylic acids is 2. The molecule has 5 N–H and O–H groups in total. The number of cyclic esters (lactones) is 1. The number of esters is 1. The van der Waals surface area contributed by atoms with Crippen molar-refractivity contribution in [3.8, 4) is 0 Å². The van der Waals surface area contributed by atoms with Crippen LogP contribution < -0.4 is 15.9 Å². The van der Waals surface area contributed by atoms with Gasteiger partial charge in [0.05, 0.1) is 66.5 Å². The third-order valence-corrected chi connectivity index (χ3v) is 24.4. The lowest BCUT2D eigenvalue weighted by Gasteiger charge is -2.46. The van der Waals surface area contributed by atoms with E-state index in [1.165, 1.54) is 56.2 Å². The van der Waals surface area contributed by atoms with E-state index in [2.05, 4.69) is 96.1 Å². The summed E-state index contributed by atoms with van der Waals surface area (Å²) in [6, 6.07) is 20.4. The van der Waals surface area contributed by atoms with Crippen molar-refractivity contribution in [1.82, 2.24) is 9.80 Å². The van der Waals surface area contributed by atoms with Gasteiger partial charge in [0, 0.05) is 39.0 Å². The van der Waals surface area contributed by atoms with Gasteiger partial charge < -0.3 is 63.8 Å². The number of methoxy groups -OCH3 is 1. The minimum absolute atomic E-state index is 0.0179. The van der Waals surface area contributed by atoms with Crippen molar-refractivity contribution in [2.24, 2.45) is 11.8 Å². The van der Waals surface area contributed by atoms with Crippen LogP contribution in [-0.2, 0) is 38.0 Å². The molecule has 3 heterocycles. The minimum atomic E-state index is -2.01. The maximum atomic E-state index is 14.7. The molecule has 0 bridgehead atoms. The number of aliphatic hydroxyl groups is 5. The van der Waals surface area contributed by atoms with Crippen LogP contribution in [0.25, 0.3) is 0 Å². The molecule has 1 amide bonds. The number of ether oxygens (including phenoxy) is 6. The number of likely N-dealkylation sites (N-methyl/N-ethyl adjacent to an activating group) is 1. The number of aryl methyl sites for hydroxylation is 6. The van der Waals surface area contributed by atoms with E-state index in [4.69, 9.17) is 28.4 Å². The third kappa shape index (κ3) is 19.1. The lowest BCUT2D eigenvalue weighted by Crippen LogP contribution is -2.60. The fourth-order valence-corrected chi connectivity index (χ4v) is 19.8. The van der Waals surface area contributed by atoms with Crippen LogP contribution in [0.3, 0.4) is 0 Å². The van der Waals surface area contributed by atoms with E-state index in [9.17, 15) is 35.1 Å². The van der Waals surface area contributed by atoms with Gasteiger partial charge in [0.1, 0.15) is 53.2 Å². The summed E-state index contributed by atoms with van der Waals surface area (Å²) < 4.78 is 38.0. The molecule has 3 aromatic rings. The van der Waals surface area contributed by atoms with Gasteiger partial charge in [-0.1, -0.05) is 70.6 Å². The molecule has 3 saturated heterocycles. The SMILES string of the molecule is CC[C@H]1OC(=O)[C@H](C)[C@@H](OC[C@H]2C[C@@](C)(OC)[C@@H](O)[C@H](C)O2)C[C@@H](O[C@@H]2O[C@H](C)C[C@H](N(C)C)[C@H]2O)[C@](C)(O)C[C@@H](C)CN(C(=O)CCCCCCCCCCC[P+](c2cc(C)cc(C)c2)(c2cc(C)cc(C)c2)c2cc(C)cc(C)c2)[C@H](C)[C@@H](O)[C@]1(C)O. The van der Waals surface area contributed by atoms with Crippen LogP contribution in [0.1, 0.15) is 192 Å². The summed E-state index contributed by atoms with van der Waals surface area (Å²) in [6.07, 6.45) is 2.30. The highest BCUT2D eigenvalue weighted by atomic mass is 31.2. The standard InChI is InChI=1S/C73H118N2O13P/c1-19-63-73(15,82)67(78)55(11)75(65(76)29-27-25-23-21-20-22-24-26-28-30-89(58-34-46(2)31-47(3)35-58,59-36-48(4)32-49(5)37-59)60-38-50(6)33-51(7)39-60)44-52(8)42-71(13,81)64(88-70-66(77)61(74(16)17)40-53(9)85-70)41-62(54(10)69(80)87-63)84-45-57-43-72(14,83-18)68(79)56(12)86-57/h31-39,52-57,61-64,66-68,70,77-79,81-82H,19-30,40-45H2,1-18H3/q+1/t52-,53-,54-,55-,56+,57-,61+,62+,63-,64-,66-,67-,68+,70+,71-,72-,73-/m1/s1. The summed E-state index contributed by atoms with van der Waals surface area (Å²) in [7, 11) is 3.31. The Morgan fingerprint density at radius 2 is 1.19 bits per heavy atom. The molecule has 3 fully saturated rings. The maximum absolute atomic E-state index is 14.7. The van der Waals surface area contributed by atoms with Gasteiger partial charge in [0.25, 0.3) is 0 Å². The second-order valence-corrected chi connectivity index (χ2v) is 32.3. The summed E-state index contributed by atoms with van der Waals surface area (Å²) in [4.78, 5) is 32.8. The molecule has 17 atom stereocenters. The lowest BCUT2D eigenvalue weighted by atomic mass is 9.83. The number of rotatable bonds is 23. The van der Waals surface area contributed by atoms with Gasteiger partial charge in [-0.15, -0.1) is 0 Å². The summed E-state index contributed by atoms with van der Waals surface area (Å²) in [6.45, 7) is 29.2. The Morgan fingerprint density at radius 3 is 1.67 bits per heavy atom. The van der Waals surface area contributed by atoms with Gasteiger partial charge in [0.2, 0.25) is 5.91 Å². The Hall–Kier alpha value is -3.41. The number of carbonyl (C=O) groups is 2. The summed E-state index contributed by atoms with van der Waals surface area (Å²) in [5.41, 5.74) is 3.24. The molecule has 502 valence electrons. The second kappa shape index (κ2) is 32.6. The van der Waals surface area contributed by atoms with Crippen LogP contribution in [0.15, 0.2) is 54.6 Å². The fourth-order valence-electron chi connectivity index (χ4n) is 14.9. The lowest BCUT2D eigenvalue weighted by molar-refractivity contribution is -0.292. The molecule has 15 nitrogen and oxygen atoms in total. The zero-order chi connectivity index (χ0) is 65.9. The van der Waals surface area contributed by atoms with Gasteiger partial charge in [0.15, 0.2) is 6.29 Å². The maximum Gasteiger partial charge on any atom is 0.311 e. The van der Waals surface area contributed by atoms with Gasteiger partial charge in [-0.05, 0) is 218 Å². The quantitative estimate of drug-likeness (QED) is 0.0342. The van der Waals surface area contributed by atoms with Gasteiger partial charge in [-0.25, -0.2) is 0 Å². The predicted octanol–water partition coefficient (Wildman–Crippen LogP) is 10.3. The Labute approximate surface area is 536 Å². The molecule has 0 radical (unpaired) electrons. The topological polar surface area (TPSA) is 197 Å². The fraction of sp³-hybridized carbons (Fsp3) is 0.726. The van der Waals surface area contributed by atoms with E-state index in [1.807, 2.05) is 39.8 Å². The molecule has 3 aromatic carbocycles. The van der Waals surface area contributed by atoms with E-state index >= 15 is 0 Å². The van der Waals surface area contributed by atoms with Crippen LogP contribution in [0, 0.1) is 53.4 Å². The first kappa shape index (κ1) is 74.6. The molecule has 0 aliphatic carbocycles. The highest BCUT2D eigenvalue weighted by Crippen LogP contribution is 2.57. The summed E-state index contributed by atoms with van der Waals surface area (Å²) in [5, 5.41) is 64.7. The van der Waals surface area contributed by atoms with E-state index in [1.54, 1.807) is 46.6 Å². The van der Waals surface area contributed by atoms with Crippen molar-refractivity contribution in [3.05, 3.63) is 88.0 Å². The van der Waals surface area contributed by atoms with Crippen LogP contribution in [0.2, 0.25) is 0 Å². The van der Waals surface area contributed by atoms with Crippen LogP contribution >= 0.6 is 7.26 Å². The molecule has 0 spiro atoms. The monoisotopic (exact) mass is 1260 g/mol. The van der Waals surface area contributed by atoms with Gasteiger partial charge in [-0.2, -0.15) is 0 Å². The summed E-state index contributed by atoms with van der Waals surface area (Å²) in [5.74, 6) is -2.29. The van der Waals surface area contributed by atoms with Crippen molar-refractivity contribution in [3.63, 3.8) is 0 Å². The highest BCUT2D eigenvalue weighted by Gasteiger charge is 2.51. The van der Waals surface area contributed by atoms with E-state index in [-0.39, 0.29) is 69.2 Å². The van der Waals surface area contributed by atoms with Gasteiger partial charge >= 0.3 is 5.97 Å². The zero-order valence-corrected chi connectivity index (χ0v) is 58.7. The largest absolute Gasteiger partial charge is 0.459 e. The Bertz CT molecular complexity index is 2550. The Balaban J connectivity index is 1.14. The smallest absolute Gasteiger partial charge is 0.311 e. The van der Waals surface area contributed by atoms with E-state index < -0.39 is 97.1 Å². The second-order valence-electron chi connectivity index (χ2n) is 28.7. The first-order chi connectivity index (χ1) is 41.8. The summed E-state index contributed by atoms with van der Waals surface area (Å²) >= 11 is 0. The Morgan fingerprint density at radius 1 is 0.697 bits per heavy atom. The minimum Gasteiger partial charge on any atom is -0.459 e. The first-order valence-corrected chi connectivity index (χ1v) is 35.7. The number of nitrogens with zero attached hydrogens (tertiary/aromatic N) is 2. The zero-order valence-electron chi connectivity index (χ0n) is 57.9. The predicted molar refractivity (Wildman–Crippen MR) is 358 cm³/mol. The van der Waals surface area contributed by atoms with Gasteiger partial charge in [-0.3, -0.25) is 9.59 Å². The normalized spacial score (nSPS) is 33.0. The number of benzene rings is 3. The molecule has 3 aliphatic rings. The molecule has 89 heavy (non-hydrogen) atoms. The van der Waals surface area contributed by atoms with Crippen molar-refractivity contribution in [1.29, 1.82) is 0 Å². The average Bonchev–Trinajstić information content (AvgIpc) is 1.05. The van der Waals surface area contributed by atoms with E-state index in [0.29, 0.717) is 12.8 Å². The molecular formula is C73H118N2O13P+. The molecule has 0 saturated carbocycles. The van der Waals surface area contributed by atoms with Crippen LogP contribution in [0.4, 0.5) is 0 Å². The number of amides is 1. The van der Waals surface area contributed by atoms with Crippen molar-refractivity contribution < 1.29 is 63.5 Å². The van der Waals surface area contributed by atoms with Crippen molar-refractivity contribution >= 4 is 35.1 Å². The Kier molecular flexibility index (Phi) is 27.4. The molecule has 0 unspecified atom stereocenters. The molecule has 16 heteroatoms. The molecular weight excluding hydrogens is 1140 g/mol. The van der Waals surface area contributed by atoms with E-state index in [0.717, 1.165) is 57.5 Å². The number of unbranched alkanes of at least 4 members (excludes halogenated alkanes) is 8. The van der Waals surface area contributed by atoms with Crippen molar-refractivity contribution in [2.45, 2.75) is 290 Å². The van der Waals surface area contributed by atoms with Crippen LogP contribution in [0.5, 0.6) is 0 Å².